The van der Waals surface area contributed by atoms with Crippen LogP contribution in [-0.2, 0) is 14.3 Å². The summed E-state index contributed by atoms with van der Waals surface area (Å²) < 4.78 is 4.86. The fourth-order valence-corrected chi connectivity index (χ4v) is 2.21. The van der Waals surface area contributed by atoms with Crippen LogP contribution in [0.3, 0.4) is 0 Å². The van der Waals surface area contributed by atoms with Crippen molar-refractivity contribution in [2.75, 3.05) is 13.2 Å². The number of carboxylic acid groups (broad SMARTS) is 1. The van der Waals surface area contributed by atoms with E-state index in [1.165, 1.54) is 32.1 Å². The quantitative estimate of drug-likeness (QED) is 0.494. The first-order chi connectivity index (χ1) is 8.22. The number of hydrogen-bond donors (Lipinski definition) is 2. The Balaban J connectivity index is 2.09. The molecule has 17 heavy (non-hydrogen) atoms. The summed E-state index contributed by atoms with van der Waals surface area (Å²) in [5.41, 5.74) is 0. The van der Waals surface area contributed by atoms with E-state index in [0.29, 0.717) is 12.8 Å². The van der Waals surface area contributed by atoms with Gasteiger partial charge >= 0.3 is 5.97 Å². The molecule has 1 fully saturated rings. The molecule has 98 valence electrons. The molecule has 0 aromatic heterocycles. The molecule has 0 heterocycles. The molecule has 1 aliphatic carbocycles. The normalized spacial score (nSPS) is 18.8. The van der Waals surface area contributed by atoms with Crippen molar-refractivity contribution in [1.82, 2.24) is 5.32 Å². The Labute approximate surface area is 102 Å². The van der Waals surface area contributed by atoms with E-state index in [0.717, 1.165) is 12.3 Å². The second-order valence-electron chi connectivity index (χ2n) is 4.51. The Kier molecular flexibility index (Phi) is 6.81. The molecule has 1 unspecified atom stereocenters. The Hall–Kier alpha value is -0.940. The molecule has 0 saturated heterocycles. The van der Waals surface area contributed by atoms with E-state index in [2.05, 4.69) is 5.32 Å². The SMILES string of the molecule is O=CC(NCCC1CCCCC1)OCC(=O)O. The van der Waals surface area contributed by atoms with Crippen molar-refractivity contribution in [1.29, 1.82) is 0 Å². The second kappa shape index (κ2) is 8.20. The van der Waals surface area contributed by atoms with Crippen molar-refractivity contribution in [3.8, 4) is 0 Å². The molecular formula is C12H21NO4. The summed E-state index contributed by atoms with van der Waals surface area (Å²) >= 11 is 0. The first-order valence-corrected chi connectivity index (χ1v) is 6.24. The van der Waals surface area contributed by atoms with Gasteiger partial charge < -0.3 is 9.84 Å². The van der Waals surface area contributed by atoms with Crippen molar-refractivity contribution in [3.05, 3.63) is 0 Å². The number of carbonyl (C=O) groups excluding carboxylic acids is 1. The van der Waals surface area contributed by atoms with Crippen molar-refractivity contribution in [2.45, 2.75) is 44.8 Å². The first-order valence-electron chi connectivity index (χ1n) is 6.24. The van der Waals surface area contributed by atoms with Crippen LogP contribution < -0.4 is 5.32 Å². The molecular weight excluding hydrogens is 222 g/mol. The maximum absolute atomic E-state index is 10.6. The highest BCUT2D eigenvalue weighted by Gasteiger charge is 2.14. The lowest BCUT2D eigenvalue weighted by Crippen LogP contribution is -2.36. The summed E-state index contributed by atoms with van der Waals surface area (Å²) in [5.74, 6) is -0.325. The zero-order valence-corrected chi connectivity index (χ0v) is 10.1. The van der Waals surface area contributed by atoms with Crippen molar-refractivity contribution in [2.24, 2.45) is 5.92 Å². The minimum absolute atomic E-state index is 0.445. The second-order valence-corrected chi connectivity index (χ2v) is 4.51. The van der Waals surface area contributed by atoms with Gasteiger partial charge in [-0.3, -0.25) is 10.1 Å². The highest BCUT2D eigenvalue weighted by molar-refractivity contribution is 5.68. The molecule has 0 spiro atoms. The number of rotatable bonds is 8. The third kappa shape index (κ3) is 6.38. The standard InChI is InChI=1S/C12H21NO4/c14-8-11(17-9-12(15)16)13-7-6-10-4-2-1-3-5-10/h8,10-11,13H,1-7,9H2,(H,15,16). The van der Waals surface area contributed by atoms with E-state index in [-0.39, 0.29) is 0 Å². The fourth-order valence-electron chi connectivity index (χ4n) is 2.21. The summed E-state index contributed by atoms with van der Waals surface area (Å²) in [6.07, 6.45) is 7.31. The van der Waals surface area contributed by atoms with E-state index in [9.17, 15) is 9.59 Å². The molecule has 5 nitrogen and oxygen atoms in total. The van der Waals surface area contributed by atoms with Gasteiger partial charge in [-0.1, -0.05) is 32.1 Å². The van der Waals surface area contributed by atoms with Crippen LogP contribution in [0.1, 0.15) is 38.5 Å². The minimum atomic E-state index is -1.06. The van der Waals surface area contributed by atoms with Gasteiger partial charge in [0.2, 0.25) is 0 Å². The van der Waals surface area contributed by atoms with E-state index in [1.807, 2.05) is 0 Å². The summed E-state index contributed by atoms with van der Waals surface area (Å²) in [5, 5.41) is 11.3. The highest BCUT2D eigenvalue weighted by Crippen LogP contribution is 2.25. The van der Waals surface area contributed by atoms with E-state index in [1.54, 1.807) is 0 Å². The van der Waals surface area contributed by atoms with Crippen LogP contribution in [0, 0.1) is 5.92 Å². The predicted octanol–water partition coefficient (Wildman–Crippen LogP) is 1.17. The van der Waals surface area contributed by atoms with Crippen LogP contribution in [-0.4, -0.2) is 36.7 Å². The average Bonchev–Trinajstić information content (AvgIpc) is 2.34. The van der Waals surface area contributed by atoms with Gasteiger partial charge in [0, 0.05) is 0 Å². The van der Waals surface area contributed by atoms with Gasteiger partial charge in [-0.2, -0.15) is 0 Å². The summed E-state index contributed by atoms with van der Waals surface area (Å²) in [7, 11) is 0. The number of hydrogen-bond acceptors (Lipinski definition) is 4. The Morgan fingerprint density at radius 2 is 2.12 bits per heavy atom. The molecule has 1 saturated carbocycles. The van der Waals surface area contributed by atoms with Gasteiger partial charge in [0.25, 0.3) is 0 Å². The molecule has 0 radical (unpaired) electrons. The van der Waals surface area contributed by atoms with Gasteiger partial charge in [0.05, 0.1) is 0 Å². The number of carboxylic acids is 1. The Morgan fingerprint density at radius 3 is 2.71 bits per heavy atom. The minimum Gasteiger partial charge on any atom is -0.480 e. The van der Waals surface area contributed by atoms with Gasteiger partial charge in [-0.15, -0.1) is 0 Å². The van der Waals surface area contributed by atoms with Crippen LogP contribution in [0.5, 0.6) is 0 Å². The molecule has 0 aromatic rings. The first kappa shape index (κ1) is 14.1. The van der Waals surface area contributed by atoms with Crippen LogP contribution in [0.4, 0.5) is 0 Å². The maximum atomic E-state index is 10.6. The van der Waals surface area contributed by atoms with Gasteiger partial charge in [0.15, 0.2) is 12.5 Å². The predicted molar refractivity (Wildman–Crippen MR) is 62.6 cm³/mol. The van der Waals surface area contributed by atoms with Crippen LogP contribution in [0.15, 0.2) is 0 Å². The largest absolute Gasteiger partial charge is 0.480 e. The van der Waals surface area contributed by atoms with Crippen LogP contribution in [0.25, 0.3) is 0 Å². The highest BCUT2D eigenvalue weighted by atomic mass is 16.5. The molecule has 1 rings (SSSR count). The third-order valence-corrected chi connectivity index (χ3v) is 3.13. The molecule has 0 amide bonds. The fraction of sp³-hybridized carbons (Fsp3) is 0.833. The summed E-state index contributed by atoms with van der Waals surface area (Å²) in [4.78, 5) is 20.9. The average molecular weight is 243 g/mol. The maximum Gasteiger partial charge on any atom is 0.329 e. The van der Waals surface area contributed by atoms with Crippen LogP contribution in [0.2, 0.25) is 0 Å². The number of ether oxygens (including phenoxy) is 1. The smallest absolute Gasteiger partial charge is 0.329 e. The molecule has 0 aliphatic heterocycles. The molecule has 0 aromatic carbocycles. The van der Waals surface area contributed by atoms with Crippen molar-refractivity contribution >= 4 is 12.3 Å². The molecule has 5 heteroatoms. The van der Waals surface area contributed by atoms with Crippen molar-refractivity contribution in [3.63, 3.8) is 0 Å². The van der Waals surface area contributed by atoms with E-state index >= 15 is 0 Å². The van der Waals surface area contributed by atoms with E-state index < -0.39 is 18.8 Å². The Bertz CT molecular complexity index is 239. The molecule has 1 atom stereocenters. The topological polar surface area (TPSA) is 75.6 Å². The van der Waals surface area contributed by atoms with Gasteiger partial charge in [-0.25, -0.2) is 4.79 Å². The number of aldehydes is 1. The zero-order valence-electron chi connectivity index (χ0n) is 10.1. The van der Waals surface area contributed by atoms with E-state index in [4.69, 9.17) is 9.84 Å². The lowest BCUT2D eigenvalue weighted by molar-refractivity contribution is -0.146. The monoisotopic (exact) mass is 243 g/mol. The molecule has 1 aliphatic rings. The summed E-state index contributed by atoms with van der Waals surface area (Å²) in [6, 6.07) is 0. The number of aliphatic carboxylic acids is 1. The number of carbonyl (C=O) groups is 2. The van der Waals surface area contributed by atoms with Gasteiger partial charge in [0.1, 0.15) is 6.61 Å². The van der Waals surface area contributed by atoms with Crippen molar-refractivity contribution < 1.29 is 19.4 Å². The lowest BCUT2D eigenvalue weighted by Gasteiger charge is -2.22. The summed E-state index contributed by atoms with van der Waals surface area (Å²) in [6.45, 7) is 0.257. The van der Waals surface area contributed by atoms with Gasteiger partial charge in [-0.05, 0) is 18.9 Å². The molecule has 0 bridgehead atoms. The van der Waals surface area contributed by atoms with Crippen LogP contribution >= 0.6 is 0 Å². The molecule has 2 N–H and O–H groups in total. The number of nitrogens with one attached hydrogen (secondary N) is 1. The lowest BCUT2D eigenvalue weighted by atomic mass is 9.87. The zero-order chi connectivity index (χ0) is 12.5. The third-order valence-electron chi connectivity index (χ3n) is 3.13. The Morgan fingerprint density at radius 1 is 1.41 bits per heavy atom.